The number of anilines is 1. The van der Waals surface area contributed by atoms with E-state index >= 15 is 0 Å². The van der Waals surface area contributed by atoms with Crippen LogP contribution in [0.3, 0.4) is 0 Å². The minimum atomic E-state index is -4.35. The Morgan fingerprint density at radius 1 is 0.825 bits per heavy atom. The van der Waals surface area contributed by atoms with Gasteiger partial charge in [-0.15, -0.1) is 0 Å². The van der Waals surface area contributed by atoms with Gasteiger partial charge in [-0.2, -0.15) is 4.31 Å². The zero-order valence-electron chi connectivity index (χ0n) is 22.0. The predicted octanol–water partition coefficient (Wildman–Crippen LogP) is 6.87. The highest BCUT2D eigenvalue weighted by Gasteiger charge is 2.33. The lowest BCUT2D eigenvalue weighted by molar-refractivity contribution is 0.0528. The number of benzene rings is 4. The molecule has 8 heteroatoms. The molecule has 40 heavy (non-hydrogen) atoms. The van der Waals surface area contributed by atoms with E-state index < -0.39 is 21.9 Å². The van der Waals surface area contributed by atoms with E-state index in [9.17, 15) is 18.0 Å². The molecule has 0 saturated carbocycles. The Labute approximate surface area is 232 Å². The molecule has 0 saturated heterocycles. The lowest BCUT2D eigenvalue weighted by atomic mass is 10.1. The minimum Gasteiger partial charge on any atom is -0.462 e. The predicted molar refractivity (Wildman–Crippen MR) is 154 cm³/mol. The summed E-state index contributed by atoms with van der Waals surface area (Å²) in [6, 6.07) is 28.2. The quantitative estimate of drug-likeness (QED) is 0.195. The molecule has 0 radical (unpaired) electrons. The number of amides is 1. The molecular weight excluding hydrogens is 526 g/mol. The van der Waals surface area contributed by atoms with Crippen LogP contribution in [0.5, 0.6) is 0 Å². The zero-order valence-corrected chi connectivity index (χ0v) is 22.9. The molecule has 0 fully saturated rings. The van der Waals surface area contributed by atoms with Gasteiger partial charge in [0.1, 0.15) is 16.9 Å². The van der Waals surface area contributed by atoms with Crippen LogP contribution in [0.1, 0.15) is 40.1 Å². The average Bonchev–Trinajstić information content (AvgIpc) is 3.37. The number of aryl methyl sites for hydroxylation is 1. The second-order valence-corrected chi connectivity index (χ2v) is 10.8. The van der Waals surface area contributed by atoms with E-state index in [-0.39, 0.29) is 28.3 Å². The first-order valence-corrected chi connectivity index (χ1v) is 14.3. The second kappa shape index (κ2) is 11.2. The molecule has 0 atom stereocenters. The van der Waals surface area contributed by atoms with Crippen LogP contribution in [0.25, 0.3) is 22.3 Å². The minimum absolute atomic E-state index is 0.0307. The van der Waals surface area contributed by atoms with Crippen molar-refractivity contribution in [1.82, 2.24) is 0 Å². The van der Waals surface area contributed by atoms with E-state index in [4.69, 9.17) is 9.15 Å². The van der Waals surface area contributed by atoms with Crippen LogP contribution in [0.4, 0.5) is 5.69 Å². The summed E-state index contributed by atoms with van der Waals surface area (Å²) >= 11 is 0. The number of hydrogen-bond donors (Lipinski definition) is 0. The van der Waals surface area contributed by atoms with Crippen LogP contribution in [0, 0.1) is 0 Å². The van der Waals surface area contributed by atoms with E-state index in [0.29, 0.717) is 22.3 Å². The highest BCUT2D eigenvalue weighted by molar-refractivity contribution is 7.93. The molecule has 5 aromatic rings. The Morgan fingerprint density at radius 3 is 2.10 bits per heavy atom. The first-order valence-electron chi connectivity index (χ1n) is 12.9. The highest BCUT2D eigenvalue weighted by Crippen LogP contribution is 2.37. The average molecular weight is 554 g/mol. The van der Waals surface area contributed by atoms with E-state index in [1.165, 1.54) is 24.3 Å². The molecule has 0 N–H and O–H groups in total. The fraction of sp³-hybridized carbons (Fsp3) is 0.125. The summed E-state index contributed by atoms with van der Waals surface area (Å²) in [5.41, 5.74) is 2.38. The van der Waals surface area contributed by atoms with E-state index in [1.54, 1.807) is 67.6 Å². The van der Waals surface area contributed by atoms with Gasteiger partial charge >= 0.3 is 5.97 Å². The van der Waals surface area contributed by atoms with Crippen molar-refractivity contribution in [2.45, 2.75) is 25.2 Å². The van der Waals surface area contributed by atoms with Gasteiger partial charge in [0.05, 0.1) is 17.2 Å². The lowest BCUT2D eigenvalue weighted by Gasteiger charge is -2.23. The number of carbonyl (C=O) groups excluding carboxylic acids is 2. The number of hydrogen-bond acceptors (Lipinski definition) is 6. The van der Waals surface area contributed by atoms with E-state index in [1.807, 2.05) is 25.1 Å². The first-order chi connectivity index (χ1) is 19.3. The number of nitrogens with zero attached hydrogens (tertiary/aromatic N) is 1. The van der Waals surface area contributed by atoms with Gasteiger partial charge in [-0.1, -0.05) is 67.6 Å². The van der Waals surface area contributed by atoms with Crippen LogP contribution < -0.4 is 4.31 Å². The number of carbonyl (C=O) groups is 2. The van der Waals surface area contributed by atoms with Crippen molar-refractivity contribution in [3.8, 4) is 11.3 Å². The van der Waals surface area contributed by atoms with Crippen molar-refractivity contribution < 1.29 is 27.2 Å². The Kier molecular flexibility index (Phi) is 7.53. The molecular formula is C32H27NO6S. The molecule has 0 bridgehead atoms. The maximum absolute atomic E-state index is 14.0. The molecule has 0 unspecified atom stereocenters. The summed E-state index contributed by atoms with van der Waals surface area (Å²) in [6.07, 6.45) is 0.741. The number of rotatable bonds is 8. The maximum atomic E-state index is 14.0. The number of esters is 1. The van der Waals surface area contributed by atoms with Gasteiger partial charge in [-0.05, 0) is 61.4 Å². The van der Waals surface area contributed by atoms with Crippen molar-refractivity contribution in [2.24, 2.45) is 0 Å². The number of sulfonamides is 1. The van der Waals surface area contributed by atoms with Crippen LogP contribution in [-0.2, 0) is 21.2 Å². The zero-order chi connectivity index (χ0) is 28.3. The molecule has 5 rings (SSSR count). The highest BCUT2D eigenvalue weighted by atomic mass is 32.2. The summed E-state index contributed by atoms with van der Waals surface area (Å²) in [5, 5.41) is 0.331. The normalized spacial score (nSPS) is 11.3. The molecule has 1 amide bonds. The summed E-state index contributed by atoms with van der Waals surface area (Å²) in [5.74, 6) is -1.05. The summed E-state index contributed by atoms with van der Waals surface area (Å²) < 4.78 is 40.2. The summed E-state index contributed by atoms with van der Waals surface area (Å²) in [6.45, 7) is 3.81. The summed E-state index contributed by atoms with van der Waals surface area (Å²) in [7, 11) is -4.35. The molecule has 1 heterocycles. The van der Waals surface area contributed by atoms with E-state index in [0.717, 1.165) is 16.3 Å². The maximum Gasteiger partial charge on any atom is 0.342 e. The van der Waals surface area contributed by atoms with E-state index in [2.05, 4.69) is 0 Å². The standard InChI is InChI=1S/C32H27NO6S/c1-3-22-15-18-26(19-16-22)40(36,37)33(31(34)24-13-9-6-10-14-24)25-17-20-28-27(21-25)29(32(35)38-4-2)30(39-28)23-11-7-5-8-12-23/h5-21H,3-4H2,1-2H3. The third-order valence-electron chi connectivity index (χ3n) is 6.50. The molecule has 4 aromatic carbocycles. The molecule has 0 aliphatic rings. The number of fused-ring (bicyclic) bond motifs is 1. The largest absolute Gasteiger partial charge is 0.462 e. The third-order valence-corrected chi connectivity index (χ3v) is 8.22. The fourth-order valence-corrected chi connectivity index (χ4v) is 5.88. The topological polar surface area (TPSA) is 93.9 Å². The molecule has 0 spiro atoms. The Hall–Kier alpha value is -4.69. The van der Waals surface area contributed by atoms with Gasteiger partial charge in [0, 0.05) is 16.5 Å². The molecule has 1 aromatic heterocycles. The van der Waals surface area contributed by atoms with Crippen molar-refractivity contribution >= 4 is 38.6 Å². The Bertz CT molecular complexity index is 1780. The lowest BCUT2D eigenvalue weighted by Crippen LogP contribution is -2.37. The molecule has 0 aliphatic carbocycles. The van der Waals surface area contributed by atoms with Crippen molar-refractivity contribution in [3.05, 3.63) is 120 Å². The molecule has 7 nitrogen and oxygen atoms in total. The van der Waals surface area contributed by atoms with Crippen LogP contribution >= 0.6 is 0 Å². The second-order valence-electron chi connectivity index (χ2n) is 9.01. The first kappa shape index (κ1) is 26.9. The van der Waals surface area contributed by atoms with Gasteiger partial charge in [0.25, 0.3) is 15.9 Å². The third kappa shape index (κ3) is 5.01. The summed E-state index contributed by atoms with van der Waals surface area (Å²) in [4.78, 5) is 26.9. The van der Waals surface area contributed by atoms with Crippen molar-refractivity contribution in [3.63, 3.8) is 0 Å². The Morgan fingerprint density at radius 2 is 1.48 bits per heavy atom. The van der Waals surface area contributed by atoms with Gasteiger partial charge in [-0.25, -0.2) is 13.2 Å². The number of ether oxygens (including phenoxy) is 1. The number of furan rings is 1. The Balaban J connectivity index is 1.73. The SMILES string of the molecule is CCOC(=O)c1c(-c2ccccc2)oc2ccc(N(C(=O)c3ccccc3)S(=O)(=O)c3ccc(CC)cc3)cc12. The fourth-order valence-electron chi connectivity index (χ4n) is 4.48. The van der Waals surface area contributed by atoms with Crippen LogP contribution in [-0.4, -0.2) is 26.9 Å². The van der Waals surface area contributed by atoms with Gasteiger partial charge in [-0.3, -0.25) is 4.79 Å². The molecule has 0 aliphatic heterocycles. The van der Waals surface area contributed by atoms with Crippen LogP contribution in [0.15, 0.2) is 112 Å². The van der Waals surface area contributed by atoms with Gasteiger partial charge < -0.3 is 9.15 Å². The van der Waals surface area contributed by atoms with Crippen molar-refractivity contribution in [1.29, 1.82) is 0 Å². The monoisotopic (exact) mass is 553 g/mol. The van der Waals surface area contributed by atoms with Crippen LogP contribution in [0.2, 0.25) is 0 Å². The van der Waals surface area contributed by atoms with Crippen molar-refractivity contribution in [2.75, 3.05) is 10.9 Å². The van der Waals surface area contributed by atoms with Gasteiger partial charge in [0.2, 0.25) is 0 Å². The smallest absolute Gasteiger partial charge is 0.342 e. The molecule has 202 valence electrons. The van der Waals surface area contributed by atoms with Gasteiger partial charge in [0.15, 0.2) is 0 Å².